The van der Waals surface area contributed by atoms with Gasteiger partial charge in [-0.1, -0.05) is 24.3 Å². The highest BCUT2D eigenvalue weighted by Gasteiger charge is 2.06. The Hall–Kier alpha value is -2.69. The third-order valence-corrected chi connectivity index (χ3v) is 3.24. The molecule has 106 valence electrons. The van der Waals surface area contributed by atoms with Gasteiger partial charge in [0.25, 0.3) is 0 Å². The number of pyridine rings is 1. The Kier molecular flexibility index (Phi) is 3.39. The van der Waals surface area contributed by atoms with Crippen LogP contribution in [0.1, 0.15) is 5.56 Å². The van der Waals surface area contributed by atoms with Crippen molar-refractivity contribution in [2.75, 3.05) is 24.3 Å². The predicted octanol–water partition coefficient (Wildman–Crippen LogP) is 3.14. The quantitative estimate of drug-likeness (QED) is 0.798. The van der Waals surface area contributed by atoms with Crippen molar-refractivity contribution in [3.8, 4) is 0 Å². The van der Waals surface area contributed by atoms with Gasteiger partial charge in [-0.15, -0.1) is 0 Å². The van der Waals surface area contributed by atoms with Gasteiger partial charge in [-0.05, 0) is 18.4 Å². The van der Waals surface area contributed by atoms with Crippen molar-refractivity contribution in [1.82, 2.24) is 15.0 Å². The minimum absolute atomic E-state index is 0.548. The number of aryl methyl sites for hydroxylation is 1. The van der Waals surface area contributed by atoms with Gasteiger partial charge in [-0.3, -0.25) is 0 Å². The maximum Gasteiger partial charge on any atom is 0.230 e. The van der Waals surface area contributed by atoms with Gasteiger partial charge < -0.3 is 10.2 Å². The van der Waals surface area contributed by atoms with Gasteiger partial charge in [-0.2, -0.15) is 4.98 Å². The smallest absolute Gasteiger partial charge is 0.230 e. The third-order valence-electron chi connectivity index (χ3n) is 3.24. The van der Waals surface area contributed by atoms with E-state index in [1.165, 1.54) is 0 Å². The van der Waals surface area contributed by atoms with E-state index in [9.17, 15) is 0 Å². The number of nitrogens with one attached hydrogen (secondary N) is 1. The lowest BCUT2D eigenvalue weighted by Crippen LogP contribution is -2.13. The number of nitrogens with zero attached hydrogens (tertiary/aromatic N) is 4. The van der Waals surface area contributed by atoms with E-state index in [4.69, 9.17) is 0 Å². The molecule has 0 radical (unpaired) electrons. The molecule has 0 saturated heterocycles. The minimum atomic E-state index is 0.548. The maximum atomic E-state index is 4.51. The van der Waals surface area contributed by atoms with Gasteiger partial charge in [0.1, 0.15) is 11.6 Å². The summed E-state index contributed by atoms with van der Waals surface area (Å²) in [5.41, 5.74) is 1.04. The number of fused-ring (bicyclic) bond motifs is 1. The Morgan fingerprint density at radius 1 is 1.00 bits per heavy atom. The molecule has 1 N–H and O–H groups in total. The fourth-order valence-electron chi connectivity index (χ4n) is 2.21. The Balaban J connectivity index is 1.93. The molecule has 0 aliphatic rings. The van der Waals surface area contributed by atoms with Gasteiger partial charge in [0, 0.05) is 37.4 Å². The fourth-order valence-corrected chi connectivity index (χ4v) is 2.21. The molecule has 3 rings (SSSR count). The third kappa shape index (κ3) is 2.76. The van der Waals surface area contributed by atoms with E-state index in [2.05, 4.69) is 26.3 Å². The number of benzene rings is 1. The van der Waals surface area contributed by atoms with Gasteiger partial charge in [0.2, 0.25) is 5.95 Å². The highest BCUT2D eigenvalue weighted by atomic mass is 15.2. The van der Waals surface area contributed by atoms with E-state index < -0.39 is 0 Å². The van der Waals surface area contributed by atoms with Crippen molar-refractivity contribution in [3.63, 3.8) is 0 Å². The molecule has 1 aromatic carbocycles. The summed E-state index contributed by atoms with van der Waals surface area (Å²) in [6, 6.07) is 10.1. The summed E-state index contributed by atoms with van der Waals surface area (Å²) in [6.07, 6.45) is 3.66. The summed E-state index contributed by atoms with van der Waals surface area (Å²) in [4.78, 5) is 15.2. The van der Waals surface area contributed by atoms with Crippen LogP contribution in [0.25, 0.3) is 10.8 Å². The lowest BCUT2D eigenvalue weighted by molar-refractivity contribution is 1.02. The standard InChI is InChI=1S/C16H17N5/c1-11-9-18-16(20-15(11)21(2)3)19-14-8-12-6-4-5-7-13(12)10-17-14/h4-10H,1-3H3,(H,17,18,19,20). The molecule has 0 unspecified atom stereocenters. The van der Waals surface area contributed by atoms with Crippen LogP contribution in [0.5, 0.6) is 0 Å². The van der Waals surface area contributed by atoms with E-state index in [1.807, 2.05) is 62.6 Å². The van der Waals surface area contributed by atoms with E-state index in [0.29, 0.717) is 5.95 Å². The number of hydrogen-bond acceptors (Lipinski definition) is 5. The first kappa shape index (κ1) is 13.3. The van der Waals surface area contributed by atoms with E-state index in [-0.39, 0.29) is 0 Å². The molecular formula is C16H17N5. The van der Waals surface area contributed by atoms with Gasteiger partial charge in [0.05, 0.1) is 0 Å². The molecular weight excluding hydrogens is 262 g/mol. The Morgan fingerprint density at radius 3 is 2.52 bits per heavy atom. The van der Waals surface area contributed by atoms with Crippen LogP contribution in [-0.2, 0) is 0 Å². The summed E-state index contributed by atoms with van der Waals surface area (Å²) in [6.45, 7) is 1.99. The van der Waals surface area contributed by atoms with Crippen LogP contribution in [0.2, 0.25) is 0 Å². The first-order valence-electron chi connectivity index (χ1n) is 6.76. The molecule has 0 fully saturated rings. The Morgan fingerprint density at radius 2 is 1.76 bits per heavy atom. The molecule has 5 heteroatoms. The summed E-state index contributed by atoms with van der Waals surface area (Å²) in [5.74, 6) is 2.18. The van der Waals surface area contributed by atoms with Crippen LogP contribution in [0.4, 0.5) is 17.6 Å². The minimum Gasteiger partial charge on any atom is -0.362 e. The molecule has 0 aliphatic carbocycles. The predicted molar refractivity (Wildman–Crippen MR) is 86.1 cm³/mol. The van der Waals surface area contributed by atoms with Crippen LogP contribution >= 0.6 is 0 Å². The highest BCUT2D eigenvalue weighted by Crippen LogP contribution is 2.20. The summed E-state index contributed by atoms with van der Waals surface area (Å²) in [7, 11) is 3.93. The zero-order chi connectivity index (χ0) is 14.8. The zero-order valence-corrected chi connectivity index (χ0v) is 12.3. The number of rotatable bonds is 3. The van der Waals surface area contributed by atoms with Crippen molar-refractivity contribution in [2.45, 2.75) is 6.92 Å². The number of anilines is 3. The van der Waals surface area contributed by atoms with Crippen LogP contribution in [0, 0.1) is 6.92 Å². The summed E-state index contributed by atoms with van der Waals surface area (Å²) < 4.78 is 0. The van der Waals surface area contributed by atoms with Crippen molar-refractivity contribution in [2.24, 2.45) is 0 Å². The largest absolute Gasteiger partial charge is 0.362 e. The van der Waals surface area contributed by atoms with Gasteiger partial charge in [0.15, 0.2) is 0 Å². The maximum absolute atomic E-state index is 4.51. The van der Waals surface area contributed by atoms with Gasteiger partial charge in [-0.25, -0.2) is 9.97 Å². The first-order chi connectivity index (χ1) is 10.1. The Bertz CT molecular complexity index is 782. The fraction of sp³-hybridized carbons (Fsp3) is 0.188. The topological polar surface area (TPSA) is 53.9 Å². The summed E-state index contributed by atoms with van der Waals surface area (Å²) >= 11 is 0. The second-order valence-electron chi connectivity index (χ2n) is 5.14. The molecule has 0 atom stereocenters. The lowest BCUT2D eigenvalue weighted by Gasteiger charge is -2.15. The molecule has 3 aromatic rings. The van der Waals surface area contributed by atoms with Crippen molar-refractivity contribution in [3.05, 3.63) is 48.3 Å². The molecule has 0 aliphatic heterocycles. The second-order valence-corrected chi connectivity index (χ2v) is 5.14. The SMILES string of the molecule is Cc1cnc(Nc2cc3ccccc3cn2)nc1N(C)C. The number of hydrogen-bond donors (Lipinski definition) is 1. The van der Waals surface area contributed by atoms with E-state index in [1.54, 1.807) is 0 Å². The van der Waals surface area contributed by atoms with Crippen molar-refractivity contribution >= 4 is 28.4 Å². The van der Waals surface area contributed by atoms with Crippen LogP contribution < -0.4 is 10.2 Å². The molecule has 5 nitrogen and oxygen atoms in total. The lowest BCUT2D eigenvalue weighted by atomic mass is 10.2. The highest BCUT2D eigenvalue weighted by molar-refractivity contribution is 5.84. The van der Waals surface area contributed by atoms with Crippen molar-refractivity contribution < 1.29 is 0 Å². The molecule has 2 aromatic heterocycles. The molecule has 0 bridgehead atoms. The van der Waals surface area contributed by atoms with Crippen LogP contribution in [0.15, 0.2) is 42.7 Å². The monoisotopic (exact) mass is 279 g/mol. The number of aromatic nitrogens is 3. The van der Waals surface area contributed by atoms with Gasteiger partial charge >= 0.3 is 0 Å². The Labute approximate surface area is 123 Å². The average molecular weight is 279 g/mol. The van der Waals surface area contributed by atoms with E-state index in [0.717, 1.165) is 28.0 Å². The average Bonchev–Trinajstić information content (AvgIpc) is 2.49. The summed E-state index contributed by atoms with van der Waals surface area (Å²) in [5, 5.41) is 5.41. The molecule has 0 saturated carbocycles. The van der Waals surface area contributed by atoms with Crippen LogP contribution in [0.3, 0.4) is 0 Å². The zero-order valence-electron chi connectivity index (χ0n) is 12.3. The van der Waals surface area contributed by atoms with Crippen molar-refractivity contribution in [1.29, 1.82) is 0 Å². The molecule has 0 spiro atoms. The molecule has 2 heterocycles. The first-order valence-corrected chi connectivity index (χ1v) is 6.76. The normalized spacial score (nSPS) is 10.6. The van der Waals surface area contributed by atoms with Crippen LogP contribution in [-0.4, -0.2) is 29.0 Å². The second kappa shape index (κ2) is 5.36. The van der Waals surface area contributed by atoms with E-state index >= 15 is 0 Å². The molecule has 21 heavy (non-hydrogen) atoms. The molecule has 0 amide bonds.